The van der Waals surface area contributed by atoms with Crippen LogP contribution >= 0.6 is 0 Å². The molecule has 0 bridgehead atoms. The molecule has 1 aromatic heterocycles. The number of carbonyl (C=O) groups is 1. The van der Waals surface area contributed by atoms with E-state index in [2.05, 4.69) is 16.7 Å². The standard InChI is InChI=1S/C22H22FNO2/c1-16-20(22(25)26-2)15-21(18-10-12-19(23)13-11-18)24(16)14-6-9-17-7-4-3-5-8-17/h3-5,7-8,10-13,15H,6,9,14H2,1-2H3. The Balaban J connectivity index is 1.89. The van der Waals surface area contributed by atoms with Crippen LogP contribution in [0.5, 0.6) is 0 Å². The number of hydrogen-bond acceptors (Lipinski definition) is 2. The van der Waals surface area contributed by atoms with Crippen molar-refractivity contribution in [3.05, 3.63) is 83.3 Å². The summed E-state index contributed by atoms with van der Waals surface area (Å²) in [5, 5.41) is 0. The van der Waals surface area contributed by atoms with Gasteiger partial charge in [0, 0.05) is 17.9 Å². The number of esters is 1. The van der Waals surface area contributed by atoms with Gasteiger partial charge in [0.05, 0.1) is 12.7 Å². The molecule has 0 radical (unpaired) electrons. The molecule has 0 unspecified atom stereocenters. The van der Waals surface area contributed by atoms with Crippen molar-refractivity contribution in [2.24, 2.45) is 0 Å². The summed E-state index contributed by atoms with van der Waals surface area (Å²) in [6.07, 6.45) is 1.89. The Morgan fingerprint density at radius 1 is 1.08 bits per heavy atom. The van der Waals surface area contributed by atoms with Crippen LogP contribution in [0.25, 0.3) is 11.3 Å². The number of aromatic nitrogens is 1. The molecule has 4 heteroatoms. The van der Waals surface area contributed by atoms with E-state index in [0.717, 1.165) is 36.3 Å². The van der Waals surface area contributed by atoms with Crippen molar-refractivity contribution in [3.63, 3.8) is 0 Å². The van der Waals surface area contributed by atoms with Gasteiger partial charge in [-0.2, -0.15) is 0 Å². The van der Waals surface area contributed by atoms with Crippen molar-refractivity contribution < 1.29 is 13.9 Å². The van der Waals surface area contributed by atoms with Crippen LogP contribution in [0.4, 0.5) is 4.39 Å². The molecule has 2 aromatic carbocycles. The number of aryl methyl sites for hydroxylation is 1. The van der Waals surface area contributed by atoms with E-state index in [4.69, 9.17) is 4.74 Å². The first-order valence-corrected chi connectivity index (χ1v) is 8.68. The summed E-state index contributed by atoms with van der Waals surface area (Å²) in [4.78, 5) is 12.1. The fourth-order valence-corrected chi connectivity index (χ4v) is 3.20. The van der Waals surface area contributed by atoms with Crippen LogP contribution in [0.1, 0.15) is 28.0 Å². The molecule has 0 saturated carbocycles. The molecule has 3 aromatic rings. The van der Waals surface area contributed by atoms with Gasteiger partial charge < -0.3 is 9.30 Å². The van der Waals surface area contributed by atoms with Crippen LogP contribution in [0, 0.1) is 12.7 Å². The topological polar surface area (TPSA) is 31.2 Å². The molecule has 3 nitrogen and oxygen atoms in total. The van der Waals surface area contributed by atoms with E-state index in [1.807, 2.05) is 31.2 Å². The van der Waals surface area contributed by atoms with E-state index >= 15 is 0 Å². The van der Waals surface area contributed by atoms with Crippen molar-refractivity contribution in [1.82, 2.24) is 4.57 Å². The van der Waals surface area contributed by atoms with Crippen LogP contribution < -0.4 is 0 Å². The summed E-state index contributed by atoms with van der Waals surface area (Å²) in [6, 6.07) is 18.5. The zero-order valence-corrected chi connectivity index (χ0v) is 15.0. The number of benzene rings is 2. The van der Waals surface area contributed by atoms with Crippen LogP contribution in [0.15, 0.2) is 60.7 Å². The van der Waals surface area contributed by atoms with E-state index in [0.29, 0.717) is 5.56 Å². The highest BCUT2D eigenvalue weighted by molar-refractivity contribution is 5.92. The fraction of sp³-hybridized carbons (Fsp3) is 0.227. The summed E-state index contributed by atoms with van der Waals surface area (Å²) in [6.45, 7) is 2.69. The van der Waals surface area contributed by atoms with Crippen molar-refractivity contribution in [1.29, 1.82) is 0 Å². The van der Waals surface area contributed by atoms with Gasteiger partial charge in [-0.25, -0.2) is 9.18 Å². The number of halogens is 1. The molecule has 3 rings (SSSR count). The predicted molar refractivity (Wildman–Crippen MR) is 101 cm³/mol. The van der Waals surface area contributed by atoms with Gasteiger partial charge in [-0.1, -0.05) is 30.3 Å². The van der Waals surface area contributed by atoms with Gasteiger partial charge in [0.25, 0.3) is 0 Å². The summed E-state index contributed by atoms with van der Waals surface area (Å²) in [7, 11) is 1.38. The largest absolute Gasteiger partial charge is 0.465 e. The molecule has 1 heterocycles. The normalized spacial score (nSPS) is 10.7. The molecule has 134 valence electrons. The van der Waals surface area contributed by atoms with Gasteiger partial charge in [-0.05, 0) is 61.2 Å². The number of carbonyl (C=O) groups excluding carboxylic acids is 1. The Morgan fingerprint density at radius 3 is 2.42 bits per heavy atom. The van der Waals surface area contributed by atoms with Crippen molar-refractivity contribution >= 4 is 5.97 Å². The molecule has 0 atom stereocenters. The summed E-state index contributed by atoms with van der Waals surface area (Å²) in [5.74, 6) is -0.631. The molecule has 26 heavy (non-hydrogen) atoms. The van der Waals surface area contributed by atoms with E-state index in [1.165, 1.54) is 24.8 Å². The Hall–Kier alpha value is -2.88. The Morgan fingerprint density at radius 2 is 1.77 bits per heavy atom. The summed E-state index contributed by atoms with van der Waals surface area (Å²) >= 11 is 0. The van der Waals surface area contributed by atoms with Gasteiger partial charge in [-0.15, -0.1) is 0 Å². The molecule has 0 fully saturated rings. The van der Waals surface area contributed by atoms with Crippen LogP contribution in [0.3, 0.4) is 0 Å². The lowest BCUT2D eigenvalue weighted by Gasteiger charge is -2.12. The lowest BCUT2D eigenvalue weighted by atomic mass is 10.1. The molecule has 0 spiro atoms. The quantitative estimate of drug-likeness (QED) is 0.584. The van der Waals surface area contributed by atoms with Crippen molar-refractivity contribution in [2.45, 2.75) is 26.3 Å². The lowest BCUT2D eigenvalue weighted by Crippen LogP contribution is -2.07. The maximum absolute atomic E-state index is 13.3. The number of methoxy groups -OCH3 is 1. The first-order chi connectivity index (χ1) is 12.6. The molecule has 0 amide bonds. The summed E-state index contributed by atoms with van der Waals surface area (Å²) in [5.41, 5.74) is 4.48. The minimum Gasteiger partial charge on any atom is -0.465 e. The maximum Gasteiger partial charge on any atom is 0.339 e. The third-order valence-corrected chi connectivity index (χ3v) is 4.60. The Bertz CT molecular complexity index is 883. The molecular weight excluding hydrogens is 329 g/mol. The molecule has 0 aliphatic heterocycles. The fourth-order valence-electron chi connectivity index (χ4n) is 3.20. The monoisotopic (exact) mass is 351 g/mol. The first kappa shape index (κ1) is 17.9. The Kier molecular flexibility index (Phi) is 5.52. The highest BCUT2D eigenvalue weighted by Crippen LogP contribution is 2.27. The van der Waals surface area contributed by atoms with E-state index in [9.17, 15) is 9.18 Å². The molecule has 0 aliphatic carbocycles. The van der Waals surface area contributed by atoms with Crippen LogP contribution in [-0.2, 0) is 17.7 Å². The smallest absolute Gasteiger partial charge is 0.339 e. The lowest BCUT2D eigenvalue weighted by molar-refractivity contribution is 0.0600. The number of hydrogen-bond donors (Lipinski definition) is 0. The number of nitrogens with zero attached hydrogens (tertiary/aromatic N) is 1. The van der Waals surface area contributed by atoms with Crippen LogP contribution in [0.2, 0.25) is 0 Å². The predicted octanol–water partition coefficient (Wildman–Crippen LogP) is 5.02. The van der Waals surface area contributed by atoms with E-state index < -0.39 is 0 Å². The van der Waals surface area contributed by atoms with E-state index in [1.54, 1.807) is 12.1 Å². The number of ether oxygens (including phenoxy) is 1. The number of rotatable bonds is 6. The zero-order chi connectivity index (χ0) is 18.5. The van der Waals surface area contributed by atoms with Crippen LogP contribution in [-0.4, -0.2) is 17.6 Å². The van der Waals surface area contributed by atoms with Crippen molar-refractivity contribution in [2.75, 3.05) is 7.11 Å². The first-order valence-electron chi connectivity index (χ1n) is 8.68. The van der Waals surface area contributed by atoms with Gasteiger partial charge in [0.1, 0.15) is 5.82 Å². The molecule has 0 N–H and O–H groups in total. The molecule has 0 saturated heterocycles. The highest BCUT2D eigenvalue weighted by Gasteiger charge is 2.18. The minimum atomic E-state index is -0.354. The second-order valence-electron chi connectivity index (χ2n) is 6.27. The van der Waals surface area contributed by atoms with E-state index in [-0.39, 0.29) is 11.8 Å². The van der Waals surface area contributed by atoms with Gasteiger partial charge in [-0.3, -0.25) is 0 Å². The second kappa shape index (κ2) is 8.00. The Labute approximate surface area is 153 Å². The average molecular weight is 351 g/mol. The third-order valence-electron chi connectivity index (χ3n) is 4.60. The zero-order valence-electron chi connectivity index (χ0n) is 15.0. The van der Waals surface area contributed by atoms with Gasteiger partial charge in [0.2, 0.25) is 0 Å². The SMILES string of the molecule is COC(=O)c1cc(-c2ccc(F)cc2)n(CCCc2ccccc2)c1C. The van der Waals surface area contributed by atoms with Gasteiger partial charge in [0.15, 0.2) is 0 Å². The average Bonchev–Trinajstić information content (AvgIpc) is 2.99. The summed E-state index contributed by atoms with van der Waals surface area (Å²) < 4.78 is 20.3. The highest BCUT2D eigenvalue weighted by atomic mass is 19.1. The van der Waals surface area contributed by atoms with Crippen molar-refractivity contribution in [3.8, 4) is 11.3 Å². The molecule has 0 aliphatic rings. The minimum absolute atomic E-state index is 0.277. The third kappa shape index (κ3) is 3.85. The molecular formula is C22H22FNO2. The van der Waals surface area contributed by atoms with Gasteiger partial charge >= 0.3 is 5.97 Å². The maximum atomic E-state index is 13.3. The second-order valence-corrected chi connectivity index (χ2v) is 6.27.